The van der Waals surface area contributed by atoms with E-state index in [1.807, 2.05) is 0 Å². The molecule has 0 aliphatic carbocycles. The maximum Gasteiger partial charge on any atom is 0.422 e. The fourth-order valence-corrected chi connectivity index (χ4v) is 1.94. The maximum absolute atomic E-state index is 12.2. The minimum Gasteiger partial charge on any atom is -0.467 e. The number of alkyl halides is 3. The van der Waals surface area contributed by atoms with Crippen LogP contribution in [0.2, 0.25) is 0 Å². The van der Waals surface area contributed by atoms with Gasteiger partial charge < -0.3 is 14.8 Å². The van der Waals surface area contributed by atoms with E-state index in [1.54, 1.807) is 0 Å². The summed E-state index contributed by atoms with van der Waals surface area (Å²) >= 11 is 0. The second-order valence-electron chi connectivity index (χ2n) is 4.61. The third kappa shape index (κ3) is 4.89. The number of carbonyl (C=O) groups excluding carboxylic acids is 1. The van der Waals surface area contributed by atoms with Crippen LogP contribution in [0.1, 0.15) is 23.2 Å². The van der Waals surface area contributed by atoms with E-state index in [0.29, 0.717) is 13.2 Å². The Morgan fingerprint density at radius 1 is 1.52 bits per heavy atom. The van der Waals surface area contributed by atoms with E-state index >= 15 is 0 Å². The van der Waals surface area contributed by atoms with Crippen LogP contribution >= 0.6 is 0 Å². The average Bonchev–Trinajstić information content (AvgIpc) is 2.95. The van der Waals surface area contributed by atoms with E-state index in [2.05, 4.69) is 15.0 Å². The average molecular weight is 304 g/mol. The molecule has 1 saturated heterocycles. The van der Waals surface area contributed by atoms with Crippen molar-refractivity contribution in [2.75, 3.05) is 19.8 Å². The third-order valence-corrected chi connectivity index (χ3v) is 2.90. The predicted molar refractivity (Wildman–Crippen MR) is 67.1 cm³/mol. The Balaban J connectivity index is 1.95. The normalized spacial score (nSPS) is 18.5. The van der Waals surface area contributed by atoms with Crippen LogP contribution in [0.3, 0.4) is 0 Å². The van der Waals surface area contributed by atoms with Gasteiger partial charge in [-0.05, 0) is 25.0 Å². The fraction of sp³-hybridized carbons (Fsp3) is 0.538. The molecule has 2 rings (SSSR count). The lowest BCUT2D eigenvalue weighted by molar-refractivity contribution is -0.154. The zero-order valence-corrected chi connectivity index (χ0v) is 11.2. The van der Waals surface area contributed by atoms with Crippen LogP contribution in [0.25, 0.3) is 0 Å². The van der Waals surface area contributed by atoms with Crippen molar-refractivity contribution in [2.45, 2.75) is 25.1 Å². The van der Waals surface area contributed by atoms with Crippen molar-refractivity contribution in [3.63, 3.8) is 0 Å². The summed E-state index contributed by atoms with van der Waals surface area (Å²) in [6.45, 7) is -0.518. The van der Waals surface area contributed by atoms with Crippen molar-refractivity contribution in [3.8, 4) is 5.88 Å². The van der Waals surface area contributed by atoms with Crippen LogP contribution in [0.5, 0.6) is 5.88 Å². The van der Waals surface area contributed by atoms with Crippen molar-refractivity contribution in [3.05, 3.63) is 23.9 Å². The zero-order valence-electron chi connectivity index (χ0n) is 11.2. The molecule has 1 aliphatic rings. The minimum atomic E-state index is -4.48. The molecular weight excluding hydrogens is 289 g/mol. The van der Waals surface area contributed by atoms with Crippen LogP contribution in [0.4, 0.5) is 13.2 Å². The Kier molecular flexibility index (Phi) is 5.00. The summed E-state index contributed by atoms with van der Waals surface area (Å²) in [6.07, 6.45) is -1.48. The third-order valence-electron chi connectivity index (χ3n) is 2.90. The molecule has 1 N–H and O–H groups in total. The lowest BCUT2D eigenvalue weighted by Crippen LogP contribution is -2.32. The van der Waals surface area contributed by atoms with Gasteiger partial charge in [0.2, 0.25) is 5.88 Å². The first-order valence-corrected chi connectivity index (χ1v) is 6.50. The molecule has 0 bridgehead atoms. The Bertz CT molecular complexity index is 488. The second-order valence-corrected chi connectivity index (χ2v) is 4.61. The Morgan fingerprint density at radius 2 is 2.33 bits per heavy atom. The fourth-order valence-electron chi connectivity index (χ4n) is 1.94. The molecule has 0 aromatic carbocycles. The van der Waals surface area contributed by atoms with Crippen LogP contribution in [0, 0.1) is 0 Å². The number of hydrogen-bond acceptors (Lipinski definition) is 4. The molecule has 1 aromatic rings. The summed E-state index contributed by atoms with van der Waals surface area (Å²) in [6, 6.07) is 2.82. The molecule has 1 unspecified atom stereocenters. The van der Waals surface area contributed by atoms with Crippen LogP contribution < -0.4 is 10.1 Å². The Hall–Kier alpha value is -1.83. The smallest absolute Gasteiger partial charge is 0.422 e. The van der Waals surface area contributed by atoms with Gasteiger partial charge in [0.05, 0.1) is 6.10 Å². The van der Waals surface area contributed by atoms with Crippen LogP contribution in [0.15, 0.2) is 18.3 Å². The van der Waals surface area contributed by atoms with Crippen LogP contribution in [-0.2, 0) is 4.74 Å². The number of amides is 1. The molecule has 1 fully saturated rings. The van der Waals surface area contributed by atoms with Gasteiger partial charge >= 0.3 is 6.18 Å². The molecule has 1 aromatic heterocycles. The van der Waals surface area contributed by atoms with Gasteiger partial charge in [-0.3, -0.25) is 4.79 Å². The number of halogens is 3. The molecule has 0 spiro atoms. The topological polar surface area (TPSA) is 60.5 Å². The lowest BCUT2D eigenvalue weighted by Gasteiger charge is -2.13. The first-order valence-electron chi connectivity index (χ1n) is 6.50. The van der Waals surface area contributed by atoms with Crippen molar-refractivity contribution >= 4 is 5.91 Å². The highest BCUT2D eigenvalue weighted by atomic mass is 19.4. The van der Waals surface area contributed by atoms with E-state index in [0.717, 1.165) is 12.8 Å². The summed E-state index contributed by atoms with van der Waals surface area (Å²) in [5.41, 5.74) is -0.0280. The van der Waals surface area contributed by atoms with Gasteiger partial charge in [-0.25, -0.2) is 4.98 Å². The van der Waals surface area contributed by atoms with Crippen molar-refractivity contribution in [1.82, 2.24) is 10.3 Å². The molecule has 1 amide bonds. The highest BCUT2D eigenvalue weighted by Gasteiger charge is 2.29. The van der Waals surface area contributed by atoms with E-state index in [9.17, 15) is 18.0 Å². The highest BCUT2D eigenvalue weighted by Crippen LogP contribution is 2.20. The highest BCUT2D eigenvalue weighted by molar-refractivity contribution is 5.96. The molecule has 21 heavy (non-hydrogen) atoms. The van der Waals surface area contributed by atoms with Gasteiger partial charge in [-0.1, -0.05) is 0 Å². The first kappa shape index (κ1) is 15.6. The summed E-state index contributed by atoms with van der Waals surface area (Å²) in [5, 5.41) is 2.61. The van der Waals surface area contributed by atoms with E-state index in [-0.39, 0.29) is 17.5 Å². The number of hydrogen-bond donors (Lipinski definition) is 1. The lowest BCUT2D eigenvalue weighted by atomic mass is 10.2. The molecule has 0 saturated carbocycles. The molecule has 2 heterocycles. The van der Waals surface area contributed by atoms with Crippen LogP contribution in [-0.4, -0.2) is 42.9 Å². The Morgan fingerprint density at radius 3 is 3.00 bits per heavy atom. The molecular formula is C13H15F3N2O3. The summed E-state index contributed by atoms with van der Waals surface area (Å²) in [4.78, 5) is 15.6. The SMILES string of the molecule is O=C(NCC1CCCO1)c1cccnc1OCC(F)(F)F. The second kappa shape index (κ2) is 6.75. The van der Waals surface area contributed by atoms with Gasteiger partial charge in [-0.2, -0.15) is 13.2 Å². The first-order chi connectivity index (χ1) is 9.96. The van der Waals surface area contributed by atoms with Crippen molar-refractivity contribution < 1.29 is 27.4 Å². The molecule has 116 valence electrons. The number of carbonyl (C=O) groups is 1. The van der Waals surface area contributed by atoms with Gasteiger partial charge in [0, 0.05) is 19.3 Å². The number of nitrogens with zero attached hydrogens (tertiary/aromatic N) is 1. The van der Waals surface area contributed by atoms with E-state index < -0.39 is 18.7 Å². The van der Waals surface area contributed by atoms with E-state index in [4.69, 9.17) is 4.74 Å². The van der Waals surface area contributed by atoms with Gasteiger partial charge in [0.15, 0.2) is 6.61 Å². The van der Waals surface area contributed by atoms with Crippen molar-refractivity contribution in [2.24, 2.45) is 0 Å². The predicted octanol–water partition coefficient (Wildman–Crippen LogP) is 1.93. The summed E-state index contributed by atoms with van der Waals surface area (Å²) in [5.74, 6) is -0.865. The van der Waals surface area contributed by atoms with Gasteiger partial charge in [-0.15, -0.1) is 0 Å². The van der Waals surface area contributed by atoms with E-state index in [1.165, 1.54) is 18.3 Å². The largest absolute Gasteiger partial charge is 0.467 e. The number of pyridine rings is 1. The molecule has 1 aliphatic heterocycles. The standard InChI is InChI=1S/C13H15F3N2O3/c14-13(15,16)8-21-12-10(4-1-5-17-12)11(19)18-7-9-3-2-6-20-9/h1,4-5,9H,2-3,6-8H2,(H,18,19). The molecule has 1 atom stereocenters. The molecule has 8 heteroatoms. The molecule has 5 nitrogen and oxygen atoms in total. The minimum absolute atomic E-state index is 0.0280. The molecule has 0 radical (unpaired) electrons. The summed E-state index contributed by atoms with van der Waals surface area (Å²) in [7, 11) is 0. The monoisotopic (exact) mass is 304 g/mol. The maximum atomic E-state index is 12.2. The number of rotatable bonds is 5. The van der Waals surface area contributed by atoms with Crippen molar-refractivity contribution in [1.29, 1.82) is 0 Å². The number of ether oxygens (including phenoxy) is 2. The summed E-state index contributed by atoms with van der Waals surface area (Å²) < 4.78 is 46.4. The number of nitrogens with one attached hydrogen (secondary N) is 1. The van der Waals surface area contributed by atoms with Gasteiger partial charge in [0.1, 0.15) is 5.56 Å². The van der Waals surface area contributed by atoms with Gasteiger partial charge in [0.25, 0.3) is 5.91 Å². The quantitative estimate of drug-likeness (QED) is 0.903. The zero-order chi connectivity index (χ0) is 15.3. The Labute approximate surface area is 119 Å². The number of aromatic nitrogens is 1.